The van der Waals surface area contributed by atoms with E-state index in [4.69, 9.17) is 0 Å². The lowest BCUT2D eigenvalue weighted by Crippen LogP contribution is -2.19. The van der Waals surface area contributed by atoms with Crippen LogP contribution in [0.3, 0.4) is 0 Å². The molecule has 2 aromatic carbocycles. The molecule has 25 heavy (non-hydrogen) atoms. The van der Waals surface area contributed by atoms with Crippen LogP contribution in [0.5, 0.6) is 5.75 Å². The van der Waals surface area contributed by atoms with Gasteiger partial charge in [0.2, 0.25) is 0 Å². The fourth-order valence-corrected chi connectivity index (χ4v) is 4.50. The average molecular weight is 482 g/mol. The predicted octanol–water partition coefficient (Wildman–Crippen LogP) is 5.43. The standard InChI is InChI=1S/C18H14Br2N2O2S/c1-9-3-10(2)5-12(4-9)21-18-22-17(24)15(25-18)8-11-6-13(19)16(23)14(20)7-11/h3-8,23H,1-2H3,(H,21,22,24)/b15-8-. The van der Waals surface area contributed by atoms with Crippen LogP contribution in [-0.4, -0.2) is 16.2 Å². The van der Waals surface area contributed by atoms with Gasteiger partial charge in [-0.2, -0.15) is 0 Å². The number of phenolic OH excluding ortho intramolecular Hbond substituents is 1. The van der Waals surface area contributed by atoms with E-state index in [1.807, 2.05) is 26.0 Å². The van der Waals surface area contributed by atoms with Crippen molar-refractivity contribution in [2.45, 2.75) is 13.8 Å². The van der Waals surface area contributed by atoms with Crippen molar-refractivity contribution in [3.8, 4) is 5.75 Å². The first-order chi connectivity index (χ1) is 11.8. The van der Waals surface area contributed by atoms with E-state index >= 15 is 0 Å². The van der Waals surface area contributed by atoms with Crippen molar-refractivity contribution >= 4 is 66.5 Å². The zero-order valence-corrected chi connectivity index (χ0v) is 17.4. The van der Waals surface area contributed by atoms with Gasteiger partial charge in [-0.1, -0.05) is 6.07 Å². The van der Waals surface area contributed by atoms with Gasteiger partial charge >= 0.3 is 0 Å². The average Bonchev–Trinajstić information content (AvgIpc) is 2.83. The molecule has 1 aliphatic heterocycles. The van der Waals surface area contributed by atoms with Gasteiger partial charge in [0.1, 0.15) is 5.75 Å². The molecule has 0 radical (unpaired) electrons. The minimum atomic E-state index is -0.187. The van der Waals surface area contributed by atoms with Crippen molar-refractivity contribution in [1.82, 2.24) is 5.32 Å². The number of thioether (sulfide) groups is 1. The number of nitrogens with one attached hydrogen (secondary N) is 1. The minimum Gasteiger partial charge on any atom is -0.506 e. The maximum absolute atomic E-state index is 12.2. The Labute approximate surface area is 166 Å². The summed E-state index contributed by atoms with van der Waals surface area (Å²) in [5.41, 5.74) is 3.87. The first-order valence-corrected chi connectivity index (χ1v) is 9.78. The number of benzene rings is 2. The first kappa shape index (κ1) is 18.2. The Balaban J connectivity index is 1.88. The van der Waals surface area contributed by atoms with Gasteiger partial charge in [0.15, 0.2) is 5.17 Å². The molecule has 0 aliphatic carbocycles. The lowest BCUT2D eigenvalue weighted by Gasteiger charge is -2.02. The molecule has 1 fully saturated rings. The van der Waals surface area contributed by atoms with E-state index in [-0.39, 0.29) is 11.7 Å². The number of hydrogen-bond donors (Lipinski definition) is 2. The smallest absolute Gasteiger partial charge is 0.264 e. The monoisotopic (exact) mass is 480 g/mol. The molecule has 0 atom stereocenters. The SMILES string of the molecule is Cc1cc(C)cc(N=C2NC(=O)/C(=C/c3cc(Br)c(O)c(Br)c3)S2)c1. The predicted molar refractivity (Wildman–Crippen MR) is 110 cm³/mol. The molecular weight excluding hydrogens is 468 g/mol. The highest BCUT2D eigenvalue weighted by molar-refractivity contribution is 9.11. The van der Waals surface area contributed by atoms with Crippen molar-refractivity contribution in [1.29, 1.82) is 0 Å². The number of aryl methyl sites for hydroxylation is 2. The molecule has 3 rings (SSSR count). The van der Waals surface area contributed by atoms with E-state index in [0.717, 1.165) is 22.4 Å². The third-order valence-electron chi connectivity index (χ3n) is 3.42. The third kappa shape index (κ3) is 4.34. The van der Waals surface area contributed by atoms with Gasteiger partial charge in [-0.15, -0.1) is 0 Å². The first-order valence-electron chi connectivity index (χ1n) is 7.38. The number of rotatable bonds is 2. The van der Waals surface area contributed by atoms with Gasteiger partial charge in [0.05, 0.1) is 19.5 Å². The van der Waals surface area contributed by atoms with Crippen LogP contribution in [0, 0.1) is 13.8 Å². The van der Waals surface area contributed by atoms with E-state index in [9.17, 15) is 9.90 Å². The Morgan fingerprint density at radius 1 is 1.08 bits per heavy atom. The Kier molecular flexibility index (Phi) is 5.36. The normalized spacial score (nSPS) is 17.4. The van der Waals surface area contributed by atoms with Crippen molar-refractivity contribution in [3.05, 3.63) is 60.9 Å². The molecular formula is C18H14Br2N2O2S. The number of nitrogens with zero attached hydrogens (tertiary/aromatic N) is 1. The fourth-order valence-electron chi connectivity index (χ4n) is 2.43. The summed E-state index contributed by atoms with van der Waals surface area (Å²) in [5.74, 6) is -0.0591. The Bertz CT molecular complexity index is 895. The molecule has 2 aromatic rings. The number of carbonyl (C=O) groups is 1. The topological polar surface area (TPSA) is 61.7 Å². The third-order valence-corrected chi connectivity index (χ3v) is 5.54. The molecule has 7 heteroatoms. The van der Waals surface area contributed by atoms with Crippen LogP contribution in [-0.2, 0) is 4.79 Å². The summed E-state index contributed by atoms with van der Waals surface area (Å²) in [6.07, 6.45) is 1.76. The zero-order chi connectivity index (χ0) is 18.1. The van der Waals surface area contributed by atoms with Crippen LogP contribution in [0.15, 0.2) is 49.2 Å². The fraction of sp³-hybridized carbons (Fsp3) is 0.111. The Hall–Kier alpha value is -1.57. The van der Waals surface area contributed by atoms with Gasteiger partial charge < -0.3 is 10.4 Å². The number of amides is 1. The van der Waals surface area contributed by atoms with E-state index < -0.39 is 0 Å². The molecule has 2 N–H and O–H groups in total. The number of aromatic hydroxyl groups is 1. The van der Waals surface area contributed by atoms with Crippen molar-refractivity contribution in [2.24, 2.45) is 4.99 Å². The maximum atomic E-state index is 12.2. The molecule has 1 heterocycles. The molecule has 1 saturated heterocycles. The van der Waals surface area contributed by atoms with Gasteiger partial charge in [-0.05, 0) is 105 Å². The lowest BCUT2D eigenvalue weighted by molar-refractivity contribution is -0.115. The lowest BCUT2D eigenvalue weighted by atomic mass is 10.1. The maximum Gasteiger partial charge on any atom is 0.264 e. The van der Waals surface area contributed by atoms with Crippen LogP contribution in [0.1, 0.15) is 16.7 Å². The van der Waals surface area contributed by atoms with Crippen LogP contribution in [0.25, 0.3) is 6.08 Å². The number of hydrogen-bond acceptors (Lipinski definition) is 4. The minimum absolute atomic E-state index is 0.128. The second kappa shape index (κ2) is 7.35. The van der Waals surface area contributed by atoms with Crippen molar-refractivity contribution < 1.29 is 9.90 Å². The Morgan fingerprint density at radius 2 is 1.68 bits per heavy atom. The molecule has 128 valence electrons. The number of halogens is 2. The molecule has 4 nitrogen and oxygen atoms in total. The summed E-state index contributed by atoms with van der Waals surface area (Å²) in [4.78, 5) is 17.3. The van der Waals surface area contributed by atoms with E-state index in [1.54, 1.807) is 18.2 Å². The molecule has 1 amide bonds. The Morgan fingerprint density at radius 3 is 2.28 bits per heavy atom. The summed E-state index contributed by atoms with van der Waals surface area (Å²) in [5, 5.41) is 13.1. The molecule has 0 spiro atoms. The van der Waals surface area contributed by atoms with Crippen molar-refractivity contribution in [3.63, 3.8) is 0 Å². The summed E-state index contributed by atoms with van der Waals surface area (Å²) in [7, 11) is 0. The summed E-state index contributed by atoms with van der Waals surface area (Å²) in [6.45, 7) is 4.03. The van der Waals surface area contributed by atoms with E-state index in [0.29, 0.717) is 19.0 Å². The van der Waals surface area contributed by atoms with Gasteiger partial charge in [-0.3, -0.25) is 4.79 Å². The number of amidine groups is 1. The van der Waals surface area contributed by atoms with Crippen LogP contribution in [0.2, 0.25) is 0 Å². The van der Waals surface area contributed by atoms with Gasteiger partial charge in [0, 0.05) is 0 Å². The second-order valence-corrected chi connectivity index (χ2v) is 8.40. The van der Waals surface area contributed by atoms with Crippen LogP contribution < -0.4 is 5.32 Å². The van der Waals surface area contributed by atoms with E-state index in [2.05, 4.69) is 48.2 Å². The summed E-state index contributed by atoms with van der Waals surface area (Å²) < 4.78 is 1.11. The van der Waals surface area contributed by atoms with E-state index in [1.165, 1.54) is 11.8 Å². The molecule has 1 aliphatic rings. The highest BCUT2D eigenvalue weighted by atomic mass is 79.9. The number of carbonyl (C=O) groups excluding carboxylic acids is 1. The number of aliphatic imine (C=N–C) groups is 1. The molecule has 0 saturated carbocycles. The molecule has 0 aromatic heterocycles. The summed E-state index contributed by atoms with van der Waals surface area (Å²) in [6, 6.07) is 9.53. The second-order valence-electron chi connectivity index (χ2n) is 5.66. The van der Waals surface area contributed by atoms with Crippen LogP contribution in [0.4, 0.5) is 5.69 Å². The highest BCUT2D eigenvalue weighted by Crippen LogP contribution is 2.35. The summed E-state index contributed by atoms with van der Waals surface area (Å²) >= 11 is 7.87. The van der Waals surface area contributed by atoms with Crippen LogP contribution >= 0.6 is 43.6 Å². The quantitative estimate of drug-likeness (QED) is 0.562. The largest absolute Gasteiger partial charge is 0.506 e. The highest BCUT2D eigenvalue weighted by Gasteiger charge is 2.24. The molecule has 0 unspecified atom stereocenters. The zero-order valence-electron chi connectivity index (χ0n) is 13.4. The van der Waals surface area contributed by atoms with Gasteiger partial charge in [0.25, 0.3) is 5.91 Å². The molecule has 0 bridgehead atoms. The van der Waals surface area contributed by atoms with Crippen molar-refractivity contribution in [2.75, 3.05) is 0 Å². The van der Waals surface area contributed by atoms with Gasteiger partial charge in [-0.25, -0.2) is 4.99 Å². The number of phenols is 1.